The van der Waals surface area contributed by atoms with Crippen molar-refractivity contribution >= 4 is 28.5 Å². The second kappa shape index (κ2) is 8.85. The van der Waals surface area contributed by atoms with Gasteiger partial charge in [0.15, 0.2) is 0 Å². The van der Waals surface area contributed by atoms with Gasteiger partial charge in [-0.25, -0.2) is 9.18 Å². The Hall–Kier alpha value is -2.90. The van der Waals surface area contributed by atoms with Crippen LogP contribution in [0.4, 0.5) is 4.39 Å². The number of aliphatic hydroxyl groups excluding tert-OH is 1. The topological polar surface area (TPSA) is 88.8 Å². The number of carboxylic acids is 1. The molecule has 3 aromatic rings. The summed E-state index contributed by atoms with van der Waals surface area (Å²) in [6.45, 7) is 1.62. The van der Waals surface area contributed by atoms with Crippen LogP contribution in [0.15, 0.2) is 41.3 Å². The number of ether oxygens (including phenoxy) is 1. The quantitative estimate of drug-likeness (QED) is 0.587. The molecule has 1 aromatic heterocycles. The van der Waals surface area contributed by atoms with Gasteiger partial charge in [-0.3, -0.25) is 4.79 Å². The lowest BCUT2D eigenvalue weighted by Crippen LogP contribution is -2.22. The van der Waals surface area contributed by atoms with Crippen molar-refractivity contribution in [3.05, 3.63) is 74.3 Å². The SMILES string of the molecule is CCC(CO)n1cc(C(=O)O)c(=O)c2cc(Cc3cccc(Cl)c3F)c(OC)cc21. The monoisotopic (exact) mass is 433 g/mol. The first-order valence-electron chi connectivity index (χ1n) is 9.35. The lowest BCUT2D eigenvalue weighted by Gasteiger charge is -2.21. The van der Waals surface area contributed by atoms with Crippen molar-refractivity contribution in [2.24, 2.45) is 0 Å². The van der Waals surface area contributed by atoms with Crippen molar-refractivity contribution in [3.8, 4) is 5.75 Å². The van der Waals surface area contributed by atoms with Crippen LogP contribution in [0, 0.1) is 5.82 Å². The van der Waals surface area contributed by atoms with E-state index in [1.807, 2.05) is 6.92 Å². The van der Waals surface area contributed by atoms with Gasteiger partial charge >= 0.3 is 5.97 Å². The number of carbonyl (C=O) groups is 1. The van der Waals surface area contributed by atoms with E-state index in [0.29, 0.717) is 28.8 Å². The van der Waals surface area contributed by atoms with E-state index >= 15 is 0 Å². The van der Waals surface area contributed by atoms with E-state index < -0.39 is 28.8 Å². The van der Waals surface area contributed by atoms with Crippen molar-refractivity contribution in [2.75, 3.05) is 13.7 Å². The number of fused-ring (bicyclic) bond motifs is 1. The number of aliphatic hydroxyl groups is 1. The van der Waals surface area contributed by atoms with Crippen LogP contribution in [-0.4, -0.2) is 34.5 Å². The molecule has 8 heteroatoms. The number of nitrogens with zero attached hydrogens (tertiary/aromatic N) is 1. The minimum Gasteiger partial charge on any atom is -0.496 e. The highest BCUT2D eigenvalue weighted by Crippen LogP contribution is 2.30. The fourth-order valence-electron chi connectivity index (χ4n) is 3.51. The van der Waals surface area contributed by atoms with Gasteiger partial charge < -0.3 is 19.5 Å². The summed E-state index contributed by atoms with van der Waals surface area (Å²) < 4.78 is 21.4. The van der Waals surface area contributed by atoms with Crippen LogP contribution >= 0.6 is 11.6 Å². The van der Waals surface area contributed by atoms with Crippen LogP contribution < -0.4 is 10.2 Å². The van der Waals surface area contributed by atoms with Gasteiger partial charge in [-0.2, -0.15) is 0 Å². The molecule has 0 fully saturated rings. The molecule has 1 unspecified atom stereocenters. The summed E-state index contributed by atoms with van der Waals surface area (Å²) in [5, 5.41) is 19.4. The Bertz CT molecular complexity index is 1170. The van der Waals surface area contributed by atoms with Gasteiger partial charge in [0.05, 0.1) is 30.3 Å². The average Bonchev–Trinajstić information content (AvgIpc) is 2.73. The van der Waals surface area contributed by atoms with E-state index in [9.17, 15) is 24.2 Å². The minimum atomic E-state index is -1.36. The van der Waals surface area contributed by atoms with Crippen LogP contribution in [0.3, 0.4) is 0 Å². The molecule has 1 heterocycles. The van der Waals surface area contributed by atoms with Crippen molar-refractivity contribution in [1.82, 2.24) is 4.57 Å². The highest BCUT2D eigenvalue weighted by Gasteiger charge is 2.21. The standard InChI is InChI=1S/C22H21ClFNO5/c1-3-14(11-26)25-10-16(22(28)29)21(27)15-8-13(19(30-2)9-18(15)25)7-12-5-4-6-17(23)20(12)24/h4-6,8-10,14,26H,3,7,11H2,1-2H3,(H,28,29). The van der Waals surface area contributed by atoms with Gasteiger partial charge in [-0.1, -0.05) is 30.7 Å². The van der Waals surface area contributed by atoms with Crippen molar-refractivity contribution in [2.45, 2.75) is 25.8 Å². The third kappa shape index (κ3) is 3.91. The van der Waals surface area contributed by atoms with Gasteiger partial charge in [0.25, 0.3) is 0 Å². The molecule has 2 N–H and O–H groups in total. The van der Waals surface area contributed by atoms with Crippen LogP contribution in [-0.2, 0) is 6.42 Å². The maximum Gasteiger partial charge on any atom is 0.341 e. The Balaban J connectivity index is 2.31. The van der Waals surface area contributed by atoms with Crippen molar-refractivity contribution in [3.63, 3.8) is 0 Å². The number of methoxy groups -OCH3 is 1. The molecule has 0 bridgehead atoms. The Labute approximate surface area is 177 Å². The number of rotatable bonds is 7. The highest BCUT2D eigenvalue weighted by molar-refractivity contribution is 6.30. The van der Waals surface area contributed by atoms with Crippen molar-refractivity contribution in [1.29, 1.82) is 0 Å². The predicted molar refractivity (Wildman–Crippen MR) is 112 cm³/mol. The van der Waals surface area contributed by atoms with Crippen LogP contribution in [0.25, 0.3) is 10.9 Å². The Morgan fingerprint density at radius 1 is 1.30 bits per heavy atom. The molecule has 0 aliphatic heterocycles. The number of pyridine rings is 1. The zero-order valence-corrected chi connectivity index (χ0v) is 17.2. The Morgan fingerprint density at radius 2 is 2.03 bits per heavy atom. The molecular formula is C22H21ClFNO5. The summed E-state index contributed by atoms with van der Waals surface area (Å²) in [5.74, 6) is -1.52. The zero-order valence-electron chi connectivity index (χ0n) is 16.5. The molecule has 0 saturated carbocycles. The molecule has 6 nitrogen and oxygen atoms in total. The van der Waals surface area contributed by atoms with Crippen molar-refractivity contribution < 1.29 is 24.1 Å². The molecule has 30 heavy (non-hydrogen) atoms. The van der Waals surface area contributed by atoms with E-state index in [-0.39, 0.29) is 23.4 Å². The summed E-state index contributed by atoms with van der Waals surface area (Å²) in [6.07, 6.45) is 1.86. The van der Waals surface area contributed by atoms with Gasteiger partial charge in [-0.15, -0.1) is 0 Å². The maximum atomic E-state index is 14.4. The number of benzene rings is 2. The first kappa shape index (κ1) is 21.8. The summed E-state index contributed by atoms with van der Waals surface area (Å²) in [5.41, 5.74) is 0.195. The number of hydrogen-bond acceptors (Lipinski definition) is 4. The lowest BCUT2D eigenvalue weighted by atomic mass is 9.99. The molecule has 3 rings (SSSR count). The van der Waals surface area contributed by atoms with E-state index in [2.05, 4.69) is 0 Å². The second-order valence-electron chi connectivity index (χ2n) is 6.90. The third-order valence-electron chi connectivity index (χ3n) is 5.15. The number of aromatic carboxylic acids is 1. The van der Waals surface area contributed by atoms with Gasteiger partial charge in [0.1, 0.15) is 17.1 Å². The normalized spacial score (nSPS) is 12.2. The molecule has 1 atom stereocenters. The molecule has 0 amide bonds. The molecule has 0 aliphatic rings. The first-order valence-corrected chi connectivity index (χ1v) is 9.72. The fraction of sp³-hybridized carbons (Fsp3) is 0.273. The molecule has 158 valence electrons. The third-order valence-corrected chi connectivity index (χ3v) is 5.44. The van der Waals surface area contributed by atoms with Gasteiger partial charge in [0, 0.05) is 24.1 Å². The number of carboxylic acid groups (broad SMARTS) is 1. The summed E-state index contributed by atoms with van der Waals surface area (Å²) in [7, 11) is 1.45. The molecule has 0 saturated heterocycles. The van der Waals surface area contributed by atoms with Crippen LogP contribution in [0.1, 0.15) is 40.9 Å². The largest absolute Gasteiger partial charge is 0.496 e. The summed E-state index contributed by atoms with van der Waals surface area (Å²) in [6, 6.07) is 7.34. The summed E-state index contributed by atoms with van der Waals surface area (Å²) >= 11 is 5.87. The lowest BCUT2D eigenvalue weighted by molar-refractivity contribution is 0.0694. The summed E-state index contributed by atoms with van der Waals surface area (Å²) in [4.78, 5) is 24.5. The zero-order chi connectivity index (χ0) is 22.0. The number of aromatic nitrogens is 1. The Kier molecular flexibility index (Phi) is 6.43. The van der Waals surface area contributed by atoms with Gasteiger partial charge in [0.2, 0.25) is 5.43 Å². The molecule has 0 aliphatic carbocycles. The smallest absolute Gasteiger partial charge is 0.341 e. The molecule has 0 radical (unpaired) electrons. The number of halogens is 2. The number of hydrogen-bond donors (Lipinski definition) is 2. The van der Waals surface area contributed by atoms with E-state index in [1.165, 1.54) is 25.4 Å². The molecule has 2 aromatic carbocycles. The predicted octanol–water partition coefficient (Wildman–Crippen LogP) is 4.04. The average molecular weight is 434 g/mol. The first-order chi connectivity index (χ1) is 14.3. The Morgan fingerprint density at radius 3 is 2.63 bits per heavy atom. The van der Waals surface area contributed by atoms with E-state index in [1.54, 1.807) is 22.8 Å². The van der Waals surface area contributed by atoms with Gasteiger partial charge in [-0.05, 0) is 29.7 Å². The maximum absolute atomic E-state index is 14.4. The van der Waals surface area contributed by atoms with Crippen LogP contribution in [0.5, 0.6) is 5.75 Å². The minimum absolute atomic E-state index is 0.0171. The van der Waals surface area contributed by atoms with E-state index in [0.717, 1.165) is 0 Å². The molecular weight excluding hydrogens is 413 g/mol. The second-order valence-corrected chi connectivity index (χ2v) is 7.31. The van der Waals surface area contributed by atoms with Crippen LogP contribution in [0.2, 0.25) is 5.02 Å². The van der Waals surface area contributed by atoms with E-state index in [4.69, 9.17) is 16.3 Å². The fourth-order valence-corrected chi connectivity index (χ4v) is 3.70. The molecule has 0 spiro atoms. The highest BCUT2D eigenvalue weighted by atomic mass is 35.5.